The highest BCUT2D eigenvalue weighted by atomic mass is 15.2. The Balaban J connectivity index is 2.62. The fraction of sp³-hybridized carbons (Fsp3) is 1.00. The summed E-state index contributed by atoms with van der Waals surface area (Å²) in [6, 6.07) is -0.0949. The zero-order chi connectivity index (χ0) is 7.07. The van der Waals surface area contributed by atoms with Crippen LogP contribution in [0, 0.1) is 5.41 Å². The Hall–Kier alpha value is -0.690. The summed E-state index contributed by atoms with van der Waals surface area (Å²) in [6.45, 7) is 3.87. The second-order valence-electron chi connectivity index (χ2n) is 2.64. The van der Waals surface area contributed by atoms with Gasteiger partial charge in [-0.3, -0.25) is 0 Å². The molecule has 0 amide bonds. The third-order valence-corrected chi connectivity index (χ3v) is 1.42. The molecule has 1 rings (SSSR count). The van der Waals surface area contributed by atoms with Crippen molar-refractivity contribution in [2.24, 2.45) is 10.5 Å². The van der Waals surface area contributed by atoms with Crippen molar-refractivity contribution in [1.82, 2.24) is 0 Å². The third-order valence-electron chi connectivity index (χ3n) is 1.42. The fourth-order valence-electron chi connectivity index (χ4n) is 0.597. The molecule has 44 valence electrons. The van der Waals surface area contributed by atoms with Gasteiger partial charge in [-0.25, -0.2) is 0 Å². The van der Waals surface area contributed by atoms with E-state index in [1.807, 2.05) is 13.8 Å². The maximum absolute atomic E-state index is 8.00. The second-order valence-corrected chi connectivity index (χ2v) is 2.64. The van der Waals surface area contributed by atoms with E-state index < -0.39 is 0 Å². The van der Waals surface area contributed by atoms with E-state index in [0.29, 0.717) is 0 Å². The topological polar surface area (TPSA) is 48.8 Å². The van der Waals surface area contributed by atoms with Gasteiger partial charge in [-0.2, -0.15) is 0 Å². The molecule has 3 heteroatoms. The van der Waals surface area contributed by atoms with Crippen molar-refractivity contribution >= 4 is 0 Å². The van der Waals surface area contributed by atoms with Crippen LogP contribution in [0.2, 0.25) is 0 Å². The van der Waals surface area contributed by atoms with Gasteiger partial charge < -0.3 is 0 Å². The highest BCUT2D eigenvalue weighted by Gasteiger charge is 2.44. The van der Waals surface area contributed by atoms with Crippen molar-refractivity contribution in [2.75, 3.05) is 0 Å². The molecule has 3 nitrogen and oxygen atoms in total. The first-order valence-corrected chi connectivity index (χ1v) is 2.57. The lowest BCUT2D eigenvalue weighted by molar-refractivity contribution is 0.616. The van der Waals surface area contributed by atoms with E-state index in [-0.39, 0.29) is 17.9 Å². The molecule has 0 saturated heterocycles. The van der Waals surface area contributed by atoms with Crippen molar-refractivity contribution in [3.05, 3.63) is 10.4 Å². The molecule has 0 bridgehead atoms. The molecule has 0 radical (unpaired) electrons. The predicted octanol–water partition coefficient (Wildman–Crippen LogP) is 2.10. The number of hydrogen-bond donors (Lipinski definition) is 0. The Labute approximate surface area is 49.7 Å². The number of nitrogens with zero attached hydrogens (tertiary/aromatic N) is 3. The summed E-state index contributed by atoms with van der Waals surface area (Å²) in [5, 5.41) is 3.46. The first-order valence-electron chi connectivity index (χ1n) is 3.15. The van der Waals surface area contributed by atoms with Crippen LogP contribution in [0.5, 0.6) is 0 Å². The van der Waals surface area contributed by atoms with Crippen molar-refractivity contribution in [1.29, 1.82) is 0 Å². The largest absolute Gasteiger partial charge is 0.0900 e. The monoisotopic (exact) mass is 112 g/mol. The molecule has 1 aliphatic carbocycles. The van der Waals surface area contributed by atoms with Gasteiger partial charge in [0.2, 0.25) is 0 Å². The van der Waals surface area contributed by atoms with Crippen LogP contribution in [0.25, 0.3) is 10.4 Å². The molecule has 0 aromatic rings. The number of hydrogen-bond acceptors (Lipinski definition) is 1. The lowest BCUT2D eigenvalue weighted by atomic mass is 10.2. The van der Waals surface area contributed by atoms with Crippen LogP contribution in [-0.2, 0) is 0 Å². The summed E-state index contributed by atoms with van der Waals surface area (Å²) in [5.41, 5.74) is 7.92. The van der Waals surface area contributed by atoms with Crippen LogP contribution in [0.4, 0.5) is 0 Å². The van der Waals surface area contributed by atoms with Crippen molar-refractivity contribution < 1.29 is 1.37 Å². The number of azide groups is 1. The molecule has 1 fully saturated rings. The average molecular weight is 112 g/mol. The minimum atomic E-state index is -0.187. The van der Waals surface area contributed by atoms with E-state index >= 15 is 0 Å². The van der Waals surface area contributed by atoms with E-state index in [4.69, 9.17) is 6.90 Å². The van der Waals surface area contributed by atoms with Gasteiger partial charge in [0, 0.05) is 12.3 Å². The summed E-state index contributed by atoms with van der Waals surface area (Å²) in [4.78, 5) is 2.65. The molecule has 0 aromatic carbocycles. The van der Waals surface area contributed by atoms with Crippen molar-refractivity contribution in [3.8, 4) is 0 Å². The van der Waals surface area contributed by atoms with Gasteiger partial charge in [0.25, 0.3) is 0 Å². The molecule has 0 unspecified atom stereocenters. The van der Waals surface area contributed by atoms with Crippen LogP contribution in [0.1, 0.15) is 21.6 Å². The van der Waals surface area contributed by atoms with Gasteiger partial charge in [0.15, 0.2) is 0 Å². The van der Waals surface area contributed by atoms with E-state index in [1.165, 1.54) is 0 Å². The van der Waals surface area contributed by atoms with E-state index in [9.17, 15) is 0 Å². The second kappa shape index (κ2) is 1.39. The lowest BCUT2D eigenvalue weighted by Crippen LogP contribution is -1.88. The Kier molecular flexibility index (Phi) is 0.733. The molecule has 1 saturated carbocycles. The zero-order valence-corrected chi connectivity index (χ0v) is 5.00. The highest BCUT2D eigenvalue weighted by Crippen LogP contribution is 2.47. The van der Waals surface area contributed by atoms with Crippen LogP contribution in [0.15, 0.2) is 5.11 Å². The zero-order valence-electron chi connectivity index (χ0n) is 6.00. The predicted molar refractivity (Wildman–Crippen MR) is 31.3 cm³/mol. The molecular formula is C5H9N3. The Bertz CT molecular complexity index is 171. The summed E-state index contributed by atoms with van der Waals surface area (Å²) in [5.74, 6) is 0. The van der Waals surface area contributed by atoms with Gasteiger partial charge >= 0.3 is 0 Å². The van der Waals surface area contributed by atoms with Crippen LogP contribution in [-0.4, -0.2) is 6.04 Å². The summed E-state index contributed by atoms with van der Waals surface area (Å²) in [7, 11) is 0. The molecule has 8 heavy (non-hydrogen) atoms. The van der Waals surface area contributed by atoms with Gasteiger partial charge in [-0.1, -0.05) is 19.0 Å². The molecule has 0 aromatic heterocycles. The van der Waals surface area contributed by atoms with Crippen LogP contribution >= 0.6 is 0 Å². The van der Waals surface area contributed by atoms with E-state index in [2.05, 4.69) is 10.0 Å². The Morgan fingerprint density at radius 2 is 2.50 bits per heavy atom. The summed E-state index contributed by atoms with van der Waals surface area (Å²) >= 11 is 0. The minimum absolute atomic E-state index is 0.0772. The van der Waals surface area contributed by atoms with Gasteiger partial charge in [-0.05, 0) is 17.3 Å². The van der Waals surface area contributed by atoms with Gasteiger partial charge in [0.1, 0.15) is 0 Å². The van der Waals surface area contributed by atoms with E-state index in [1.54, 1.807) is 0 Å². The quantitative estimate of drug-likeness (QED) is 0.283. The highest BCUT2D eigenvalue weighted by molar-refractivity contribution is 5.01. The Morgan fingerprint density at radius 1 is 2.00 bits per heavy atom. The fourth-order valence-corrected chi connectivity index (χ4v) is 0.597. The number of rotatable bonds is 1. The molecule has 1 aliphatic rings. The first-order chi connectivity index (χ1) is 4.10. The van der Waals surface area contributed by atoms with Crippen LogP contribution < -0.4 is 0 Å². The first kappa shape index (κ1) is 4.21. The molecule has 0 aliphatic heterocycles. The Morgan fingerprint density at radius 3 is 2.62 bits per heavy atom. The maximum atomic E-state index is 8.00. The van der Waals surface area contributed by atoms with Gasteiger partial charge in [-0.15, -0.1) is 0 Å². The smallest absolute Gasteiger partial charge is 0.0430 e. The van der Waals surface area contributed by atoms with Gasteiger partial charge in [0.05, 0.1) is 0 Å². The van der Waals surface area contributed by atoms with Crippen molar-refractivity contribution in [2.45, 2.75) is 26.3 Å². The van der Waals surface area contributed by atoms with Crippen LogP contribution in [0.3, 0.4) is 0 Å². The summed E-state index contributed by atoms with van der Waals surface area (Å²) < 4.78 is 7.29. The molecular weight excluding hydrogens is 102 g/mol. The standard InChI is InChI=1S/C5H9N3/c1-5(2)3-4(5)7-8-6/h4H,3H2,1-2H3/t4-/m0/s1/i3D/t3-,4+/m1. The third kappa shape index (κ3) is 0.771. The van der Waals surface area contributed by atoms with E-state index in [0.717, 1.165) is 0 Å². The lowest BCUT2D eigenvalue weighted by Gasteiger charge is -1.92. The summed E-state index contributed by atoms with van der Waals surface area (Å²) in [6.07, 6.45) is -0.187. The molecule has 2 atom stereocenters. The molecule has 0 N–H and O–H groups in total. The van der Waals surface area contributed by atoms with Crippen molar-refractivity contribution in [3.63, 3.8) is 0 Å². The average Bonchev–Trinajstić information content (AvgIpc) is 2.19. The minimum Gasteiger partial charge on any atom is -0.0900 e. The SMILES string of the molecule is [2H][C@@H]1[C@H](N=[N+]=[N-])C1(C)C. The maximum Gasteiger partial charge on any atom is 0.0430 e. The normalized spacial score (nSPS) is 42.0. The molecule has 0 spiro atoms. The molecule has 0 heterocycles.